The van der Waals surface area contributed by atoms with Gasteiger partial charge >= 0.3 is 0 Å². The first-order chi connectivity index (χ1) is 12.3. The molecule has 1 saturated carbocycles. The Hall–Kier alpha value is -0.413. The second-order valence-corrected chi connectivity index (χ2v) is 15.5. The maximum absolute atomic E-state index is 6.92. The van der Waals surface area contributed by atoms with E-state index in [2.05, 4.69) is 31.6 Å². The molecule has 3 heteroatoms. The van der Waals surface area contributed by atoms with Crippen molar-refractivity contribution in [2.75, 3.05) is 0 Å². The van der Waals surface area contributed by atoms with Gasteiger partial charge in [-0.3, -0.25) is 4.99 Å². The number of aliphatic imine (C=N–C) groups is 1. The van der Waals surface area contributed by atoms with E-state index in [4.69, 9.17) is 5.73 Å². The number of hydrogen-bond donors (Lipinski definition) is 1. The Labute approximate surface area is 165 Å². The summed E-state index contributed by atoms with van der Waals surface area (Å²) in [6.45, 7) is 11.6. The fourth-order valence-corrected chi connectivity index (χ4v) is 5.59. The van der Waals surface area contributed by atoms with E-state index in [1.54, 1.807) is 0 Å². The van der Waals surface area contributed by atoms with Crippen molar-refractivity contribution in [3.05, 3.63) is 11.8 Å². The van der Waals surface area contributed by atoms with Crippen molar-refractivity contribution >= 4 is 14.3 Å². The van der Waals surface area contributed by atoms with Crippen LogP contribution >= 0.6 is 0 Å². The fraction of sp³-hybridized carbons (Fsp3) is 0.870. The Morgan fingerprint density at radius 2 is 1.65 bits per heavy atom. The monoisotopic (exact) mass is 378 g/mol. The van der Waals surface area contributed by atoms with Gasteiger partial charge in [0.1, 0.15) is 0 Å². The predicted molar refractivity (Wildman–Crippen MR) is 122 cm³/mol. The minimum absolute atomic E-state index is 0.154. The molecule has 0 aliphatic heterocycles. The maximum atomic E-state index is 6.92. The van der Waals surface area contributed by atoms with Gasteiger partial charge in [0, 0.05) is 26.0 Å². The summed E-state index contributed by atoms with van der Waals surface area (Å²) in [6.07, 6.45) is 20.0. The quantitative estimate of drug-likeness (QED) is 0.215. The predicted octanol–water partition coefficient (Wildman–Crippen LogP) is 7.33. The molecule has 152 valence electrons. The molecular weight excluding hydrogens is 332 g/mol. The minimum atomic E-state index is -0.931. The van der Waals surface area contributed by atoms with Crippen LogP contribution in [-0.4, -0.2) is 19.8 Å². The third kappa shape index (κ3) is 10.1. The van der Waals surface area contributed by atoms with E-state index in [9.17, 15) is 0 Å². The van der Waals surface area contributed by atoms with Gasteiger partial charge in [0.15, 0.2) is 0 Å². The van der Waals surface area contributed by atoms with Gasteiger partial charge in [-0.25, -0.2) is 0 Å². The van der Waals surface area contributed by atoms with Crippen LogP contribution in [0.5, 0.6) is 0 Å². The zero-order valence-corrected chi connectivity index (χ0v) is 19.4. The highest BCUT2D eigenvalue weighted by Gasteiger charge is 2.27. The van der Waals surface area contributed by atoms with Gasteiger partial charge in [0.2, 0.25) is 0 Å². The average molecular weight is 379 g/mol. The number of unbranched alkanes of at least 4 members (excludes halogenated alkanes) is 2. The Morgan fingerprint density at radius 3 is 2.23 bits per heavy atom. The first kappa shape index (κ1) is 23.6. The molecule has 0 heterocycles. The topological polar surface area (TPSA) is 38.4 Å². The van der Waals surface area contributed by atoms with E-state index in [0.717, 1.165) is 18.8 Å². The third-order valence-corrected chi connectivity index (χ3v) is 8.07. The van der Waals surface area contributed by atoms with Gasteiger partial charge in [0.25, 0.3) is 0 Å². The van der Waals surface area contributed by atoms with Gasteiger partial charge in [-0.15, -0.1) is 0 Å². The molecule has 0 aromatic carbocycles. The summed E-state index contributed by atoms with van der Waals surface area (Å²) in [6, 6.07) is 1.42. The van der Waals surface area contributed by atoms with E-state index in [0.29, 0.717) is 0 Å². The first-order valence-corrected chi connectivity index (χ1v) is 14.9. The van der Waals surface area contributed by atoms with Gasteiger partial charge in [-0.05, 0) is 38.2 Å². The molecule has 26 heavy (non-hydrogen) atoms. The highest BCUT2D eigenvalue weighted by molar-refractivity contribution is 6.76. The van der Waals surface area contributed by atoms with E-state index in [-0.39, 0.29) is 5.54 Å². The van der Waals surface area contributed by atoms with Crippen LogP contribution in [0.2, 0.25) is 25.7 Å². The molecule has 1 unspecified atom stereocenters. The molecular formula is C23H46N2Si. The lowest BCUT2D eigenvalue weighted by atomic mass is 9.80. The molecule has 0 aromatic heterocycles. The molecule has 1 rings (SSSR count). The van der Waals surface area contributed by atoms with Crippen LogP contribution in [0.1, 0.15) is 90.9 Å². The summed E-state index contributed by atoms with van der Waals surface area (Å²) >= 11 is 0. The van der Waals surface area contributed by atoms with Crippen molar-refractivity contribution < 1.29 is 0 Å². The number of rotatable bonds is 12. The van der Waals surface area contributed by atoms with E-state index in [1.165, 1.54) is 75.8 Å². The molecule has 0 amide bonds. The van der Waals surface area contributed by atoms with Crippen LogP contribution in [0.15, 0.2) is 16.8 Å². The van der Waals surface area contributed by atoms with Crippen molar-refractivity contribution in [1.82, 2.24) is 0 Å². The molecule has 1 fully saturated rings. The minimum Gasteiger partial charge on any atom is -0.322 e. The lowest BCUT2D eigenvalue weighted by Gasteiger charge is -2.31. The van der Waals surface area contributed by atoms with Crippen molar-refractivity contribution in [2.45, 2.75) is 122 Å². The summed E-state index contributed by atoms with van der Waals surface area (Å²) in [5.41, 5.74) is 8.03. The van der Waals surface area contributed by atoms with Crippen molar-refractivity contribution in [3.63, 3.8) is 0 Å². The highest BCUT2D eigenvalue weighted by Crippen LogP contribution is 2.31. The standard InChI is InChI=1S/C23H46N2Si/c1-6-25-20-21(2)23(24,18-12-13-19-26(3,4)5)17-11-10-16-22-14-8-7-9-15-22/h6,20,22H,7-19,24H2,1-5H3/b21-20+,25-6-. The summed E-state index contributed by atoms with van der Waals surface area (Å²) in [5.74, 6) is 0.994. The molecule has 0 saturated heterocycles. The molecule has 0 radical (unpaired) electrons. The van der Waals surface area contributed by atoms with Crippen molar-refractivity contribution in [1.29, 1.82) is 0 Å². The first-order valence-electron chi connectivity index (χ1n) is 11.2. The summed E-state index contributed by atoms with van der Waals surface area (Å²) in [4.78, 5) is 4.35. The Balaban J connectivity index is 2.48. The van der Waals surface area contributed by atoms with Crippen molar-refractivity contribution in [2.24, 2.45) is 16.6 Å². The van der Waals surface area contributed by atoms with E-state index in [1.807, 2.05) is 19.3 Å². The van der Waals surface area contributed by atoms with E-state index < -0.39 is 8.07 Å². The van der Waals surface area contributed by atoms with Crippen LogP contribution in [0.3, 0.4) is 0 Å². The Bertz CT molecular complexity index is 430. The van der Waals surface area contributed by atoms with Crippen LogP contribution in [-0.2, 0) is 0 Å². The molecule has 1 aliphatic carbocycles. The lowest BCUT2D eigenvalue weighted by molar-refractivity contribution is 0.318. The summed E-state index contributed by atoms with van der Waals surface area (Å²) < 4.78 is 0. The SMILES string of the molecule is C/C=N\C=C(/C)C(N)(CCCCC1CCCCC1)CCCC[Si](C)(C)C. The maximum Gasteiger partial charge on any atom is 0.0442 e. The zero-order valence-electron chi connectivity index (χ0n) is 18.4. The second-order valence-electron chi connectivity index (χ2n) is 9.89. The van der Waals surface area contributed by atoms with Gasteiger partial charge < -0.3 is 5.73 Å². The Kier molecular flexibility index (Phi) is 11.0. The van der Waals surface area contributed by atoms with Gasteiger partial charge in [-0.1, -0.05) is 89.9 Å². The van der Waals surface area contributed by atoms with Crippen LogP contribution in [0, 0.1) is 5.92 Å². The average Bonchev–Trinajstić information content (AvgIpc) is 2.60. The molecule has 0 spiro atoms. The molecule has 0 bridgehead atoms. The zero-order chi connectivity index (χ0) is 19.5. The molecule has 1 atom stereocenters. The van der Waals surface area contributed by atoms with Gasteiger partial charge in [0.05, 0.1) is 0 Å². The second kappa shape index (κ2) is 12.1. The summed E-state index contributed by atoms with van der Waals surface area (Å²) in [7, 11) is -0.931. The Morgan fingerprint density at radius 1 is 1.04 bits per heavy atom. The number of hydrogen-bond acceptors (Lipinski definition) is 2. The number of nitrogens with zero attached hydrogens (tertiary/aromatic N) is 1. The molecule has 2 N–H and O–H groups in total. The smallest absolute Gasteiger partial charge is 0.0442 e. The normalized spacial score (nSPS) is 19.8. The van der Waals surface area contributed by atoms with Crippen LogP contribution in [0.25, 0.3) is 0 Å². The lowest BCUT2D eigenvalue weighted by Crippen LogP contribution is -2.41. The number of nitrogens with two attached hydrogens (primary N) is 1. The highest BCUT2D eigenvalue weighted by atomic mass is 28.3. The van der Waals surface area contributed by atoms with Crippen molar-refractivity contribution in [3.8, 4) is 0 Å². The molecule has 1 aliphatic rings. The van der Waals surface area contributed by atoms with Crippen LogP contribution in [0.4, 0.5) is 0 Å². The summed E-state index contributed by atoms with van der Waals surface area (Å²) in [5, 5.41) is 0. The van der Waals surface area contributed by atoms with E-state index >= 15 is 0 Å². The molecule has 0 aromatic rings. The third-order valence-electron chi connectivity index (χ3n) is 6.21. The fourth-order valence-electron chi connectivity index (χ4n) is 4.28. The van der Waals surface area contributed by atoms with Gasteiger partial charge in [-0.2, -0.15) is 0 Å². The van der Waals surface area contributed by atoms with Crippen LogP contribution < -0.4 is 5.73 Å². The largest absolute Gasteiger partial charge is 0.322 e. The molecule has 2 nitrogen and oxygen atoms in total.